The monoisotopic (exact) mass is 574 g/mol. The minimum atomic E-state index is 0.460. The first-order valence-corrected chi connectivity index (χ1v) is 14.9. The maximum Gasteiger partial charge on any atom is 0.160 e. The Morgan fingerprint density at radius 3 is 1.44 bits per heavy atom. The van der Waals surface area contributed by atoms with Crippen LogP contribution in [0.15, 0.2) is 158 Å². The predicted octanol–water partition coefficient (Wildman–Crippen LogP) is 10.1. The summed E-state index contributed by atoms with van der Waals surface area (Å²) in [5.74, 6) is 0.567. The number of nitriles is 1. The normalized spacial score (nSPS) is 11.1. The quantitative estimate of drug-likeness (QED) is 0.205. The van der Waals surface area contributed by atoms with Crippen LogP contribution in [0, 0.1) is 11.3 Å². The number of hydrogen-bond donors (Lipinski definition) is 0. The van der Waals surface area contributed by atoms with Crippen molar-refractivity contribution in [2.45, 2.75) is 0 Å². The first-order chi connectivity index (χ1) is 22.3. The molecule has 8 aromatic rings. The summed E-state index contributed by atoms with van der Waals surface area (Å²) >= 11 is 0. The molecule has 0 atom stereocenters. The van der Waals surface area contributed by atoms with Crippen molar-refractivity contribution < 1.29 is 0 Å². The van der Waals surface area contributed by atoms with Gasteiger partial charge in [0.1, 0.15) is 11.6 Å². The van der Waals surface area contributed by atoms with Gasteiger partial charge in [-0.1, -0.05) is 127 Å². The lowest BCUT2D eigenvalue weighted by Gasteiger charge is -2.17. The fourth-order valence-corrected chi connectivity index (χ4v) is 6.21. The summed E-state index contributed by atoms with van der Waals surface area (Å²) in [6.07, 6.45) is 0. The number of fused-ring (bicyclic) bond motifs is 3. The second-order valence-corrected chi connectivity index (χ2v) is 10.9. The lowest BCUT2D eigenvalue weighted by Crippen LogP contribution is -2.02. The van der Waals surface area contributed by atoms with E-state index in [1.165, 1.54) is 10.8 Å². The van der Waals surface area contributed by atoms with Crippen LogP contribution in [0.4, 0.5) is 0 Å². The fraction of sp³-hybridized carbons (Fsp3) is 0. The fourth-order valence-electron chi connectivity index (χ4n) is 6.21. The Morgan fingerprint density at radius 2 is 0.933 bits per heavy atom. The first kappa shape index (κ1) is 26.3. The Kier molecular flexibility index (Phi) is 6.48. The second kappa shape index (κ2) is 11.1. The molecular formula is C41H26N4. The summed E-state index contributed by atoms with van der Waals surface area (Å²) in [4.78, 5) is 10.1. The van der Waals surface area contributed by atoms with Crippen LogP contribution >= 0.6 is 0 Å². The van der Waals surface area contributed by atoms with Crippen molar-refractivity contribution in [3.05, 3.63) is 163 Å². The molecule has 0 N–H and O–H groups in total. The maximum absolute atomic E-state index is 10.4. The zero-order valence-electron chi connectivity index (χ0n) is 24.3. The third-order valence-corrected chi connectivity index (χ3v) is 8.28. The van der Waals surface area contributed by atoms with E-state index in [1.807, 2.05) is 66.7 Å². The Morgan fingerprint density at radius 1 is 0.467 bits per heavy atom. The molecule has 0 aliphatic rings. The zero-order valence-corrected chi connectivity index (χ0v) is 24.3. The molecule has 0 saturated carbocycles. The van der Waals surface area contributed by atoms with Crippen molar-refractivity contribution in [2.75, 3.05) is 0 Å². The van der Waals surface area contributed by atoms with E-state index < -0.39 is 0 Å². The van der Waals surface area contributed by atoms with Gasteiger partial charge in [-0.05, 0) is 35.9 Å². The summed E-state index contributed by atoms with van der Waals surface area (Å²) < 4.78 is 2.35. The van der Waals surface area contributed by atoms with Gasteiger partial charge in [0, 0.05) is 33.0 Å². The predicted molar refractivity (Wildman–Crippen MR) is 183 cm³/mol. The average molecular weight is 575 g/mol. The molecule has 0 bridgehead atoms. The van der Waals surface area contributed by atoms with E-state index in [1.54, 1.807) is 0 Å². The summed E-state index contributed by atoms with van der Waals surface area (Å²) in [6.45, 7) is 0. The van der Waals surface area contributed by atoms with E-state index in [-0.39, 0.29) is 0 Å². The highest BCUT2D eigenvalue weighted by atomic mass is 15.0. The van der Waals surface area contributed by atoms with Crippen molar-refractivity contribution >= 4 is 21.8 Å². The molecule has 210 valence electrons. The maximum atomic E-state index is 10.4. The molecule has 2 heterocycles. The van der Waals surface area contributed by atoms with Crippen molar-refractivity contribution in [1.29, 1.82) is 5.26 Å². The number of aromatic nitrogens is 3. The Labute approximate surface area is 261 Å². The van der Waals surface area contributed by atoms with Gasteiger partial charge in [0.15, 0.2) is 5.82 Å². The summed E-state index contributed by atoms with van der Waals surface area (Å²) in [5, 5.41) is 12.8. The molecule has 0 spiro atoms. The smallest absolute Gasteiger partial charge is 0.160 e. The van der Waals surface area contributed by atoms with Crippen LogP contribution in [-0.2, 0) is 0 Å². The molecular weight excluding hydrogens is 548 g/mol. The van der Waals surface area contributed by atoms with Crippen LogP contribution < -0.4 is 0 Å². The molecule has 4 nitrogen and oxygen atoms in total. The van der Waals surface area contributed by atoms with Gasteiger partial charge in [0.05, 0.1) is 28.1 Å². The lowest BCUT2D eigenvalue weighted by molar-refractivity contribution is 1.16. The molecule has 0 saturated heterocycles. The van der Waals surface area contributed by atoms with Gasteiger partial charge in [0.2, 0.25) is 0 Å². The molecule has 0 unspecified atom stereocenters. The van der Waals surface area contributed by atoms with Crippen LogP contribution in [0.1, 0.15) is 5.56 Å². The highest BCUT2D eigenvalue weighted by Gasteiger charge is 2.20. The van der Waals surface area contributed by atoms with Gasteiger partial charge >= 0.3 is 0 Å². The largest absolute Gasteiger partial charge is 0.309 e. The zero-order chi connectivity index (χ0) is 30.2. The third-order valence-electron chi connectivity index (χ3n) is 8.28. The Hall–Kier alpha value is -6.31. The SMILES string of the molecule is N#Cc1c(-c2ccccc2)nc(-c2ccc(-n3c4ccccc4c4ccccc43)c(-c3ccccc3)c2)nc1-c1ccccc1. The van der Waals surface area contributed by atoms with E-state index in [9.17, 15) is 5.26 Å². The summed E-state index contributed by atoms with van der Waals surface area (Å²) in [6, 6.07) is 56.2. The Bertz CT molecular complexity index is 2250. The molecule has 0 aliphatic heterocycles. The van der Waals surface area contributed by atoms with Crippen LogP contribution in [0.25, 0.3) is 72.5 Å². The standard InChI is InChI=1S/C41H26N4/c42-27-35-39(29-16-6-2-7-17-29)43-41(44-40(35)30-18-8-3-9-19-30)31-24-25-38(34(26-31)28-14-4-1-5-15-28)45-36-22-12-10-20-32(36)33-21-11-13-23-37(33)45/h1-26H. The van der Waals surface area contributed by atoms with Crippen LogP contribution in [-0.4, -0.2) is 14.5 Å². The highest BCUT2D eigenvalue weighted by molar-refractivity contribution is 6.09. The number of para-hydroxylation sites is 2. The van der Waals surface area contributed by atoms with Gasteiger partial charge in [-0.3, -0.25) is 0 Å². The molecule has 2 aromatic heterocycles. The summed E-state index contributed by atoms with van der Waals surface area (Å²) in [7, 11) is 0. The van der Waals surface area contributed by atoms with Gasteiger partial charge < -0.3 is 4.57 Å². The molecule has 0 radical (unpaired) electrons. The average Bonchev–Trinajstić information content (AvgIpc) is 3.46. The topological polar surface area (TPSA) is 54.5 Å². The Balaban J connectivity index is 1.41. The van der Waals surface area contributed by atoms with Crippen molar-refractivity contribution in [3.8, 4) is 56.8 Å². The molecule has 8 rings (SSSR count). The lowest BCUT2D eigenvalue weighted by atomic mass is 9.98. The molecule has 0 fully saturated rings. The number of benzene rings is 6. The highest BCUT2D eigenvalue weighted by Crippen LogP contribution is 2.39. The van der Waals surface area contributed by atoms with Crippen LogP contribution in [0.2, 0.25) is 0 Å². The van der Waals surface area contributed by atoms with Crippen molar-refractivity contribution in [1.82, 2.24) is 14.5 Å². The van der Waals surface area contributed by atoms with E-state index in [0.29, 0.717) is 22.8 Å². The minimum Gasteiger partial charge on any atom is -0.309 e. The van der Waals surface area contributed by atoms with Crippen molar-refractivity contribution in [3.63, 3.8) is 0 Å². The van der Waals surface area contributed by atoms with Gasteiger partial charge in [0.25, 0.3) is 0 Å². The summed E-state index contributed by atoms with van der Waals surface area (Å²) in [5.41, 5.74) is 9.85. The second-order valence-electron chi connectivity index (χ2n) is 10.9. The number of rotatable bonds is 5. The van der Waals surface area contributed by atoms with Gasteiger partial charge in [-0.15, -0.1) is 0 Å². The van der Waals surface area contributed by atoms with E-state index in [2.05, 4.69) is 102 Å². The van der Waals surface area contributed by atoms with Crippen LogP contribution in [0.3, 0.4) is 0 Å². The van der Waals surface area contributed by atoms with Gasteiger partial charge in [-0.2, -0.15) is 5.26 Å². The minimum absolute atomic E-state index is 0.460. The molecule has 45 heavy (non-hydrogen) atoms. The third kappa shape index (κ3) is 4.55. The first-order valence-electron chi connectivity index (χ1n) is 14.9. The van der Waals surface area contributed by atoms with E-state index >= 15 is 0 Å². The van der Waals surface area contributed by atoms with Crippen LogP contribution in [0.5, 0.6) is 0 Å². The van der Waals surface area contributed by atoms with Gasteiger partial charge in [-0.25, -0.2) is 9.97 Å². The number of hydrogen-bond acceptors (Lipinski definition) is 3. The molecule has 0 amide bonds. The molecule has 0 aliphatic carbocycles. The number of nitrogens with zero attached hydrogens (tertiary/aromatic N) is 4. The molecule has 6 aromatic carbocycles. The molecule has 4 heteroatoms. The van der Waals surface area contributed by atoms with E-state index in [4.69, 9.17) is 9.97 Å². The van der Waals surface area contributed by atoms with Crippen molar-refractivity contribution in [2.24, 2.45) is 0 Å². The van der Waals surface area contributed by atoms with E-state index in [0.717, 1.165) is 44.5 Å².